The molecule has 0 unspecified atom stereocenters. The van der Waals surface area contributed by atoms with Gasteiger partial charge in [0.15, 0.2) is 0 Å². The van der Waals surface area contributed by atoms with E-state index in [1.807, 2.05) is 30.3 Å². The second-order valence-electron chi connectivity index (χ2n) is 8.26. The van der Waals surface area contributed by atoms with Gasteiger partial charge >= 0.3 is 12.1 Å². The lowest BCUT2D eigenvalue weighted by atomic mass is 9.98. The number of amides is 4. The number of hydrogen-bond donors (Lipinski definition) is 2. The first-order chi connectivity index (χ1) is 15.0. The largest absolute Gasteiger partial charge is 0.465 e. The number of urea groups is 1. The fraction of sp³-hybridized carbons (Fsp3) is 0.571. The van der Waals surface area contributed by atoms with E-state index in [9.17, 15) is 14.4 Å². The molecule has 168 valence electrons. The number of carboxylic acid groups (broad SMARTS) is 1. The van der Waals surface area contributed by atoms with Crippen LogP contribution in [0.5, 0.6) is 0 Å². The van der Waals surface area contributed by atoms with E-state index in [0.717, 1.165) is 5.56 Å². The van der Waals surface area contributed by atoms with Crippen LogP contribution in [0, 0.1) is 5.92 Å². The van der Waals surface area contributed by atoms with E-state index < -0.39 is 12.1 Å². The molecule has 31 heavy (non-hydrogen) atoms. The number of nitrogens with one attached hydrogen (secondary N) is 1. The standard InChI is InChI=1S/C21H28N4O6/c26-19(22-30-13-16-8-10-23(11-9-16)21(28)29)18-7-6-17-12-24(18)20(27)25(17)31-14-15-4-2-1-3-5-15/h1-5,16-18H,6-14H2,(H,22,26)(H,28,29)/t17-,18+/m1/s1. The first-order valence-corrected chi connectivity index (χ1v) is 10.7. The highest BCUT2D eigenvalue weighted by Gasteiger charge is 2.48. The fourth-order valence-electron chi connectivity index (χ4n) is 4.38. The average Bonchev–Trinajstić information content (AvgIpc) is 3.02. The summed E-state index contributed by atoms with van der Waals surface area (Å²) >= 11 is 0. The number of hydroxylamine groups is 3. The van der Waals surface area contributed by atoms with Crippen LogP contribution < -0.4 is 5.48 Å². The molecule has 3 aliphatic rings. The molecule has 1 aromatic rings. The summed E-state index contributed by atoms with van der Waals surface area (Å²) < 4.78 is 0. The van der Waals surface area contributed by atoms with Crippen molar-refractivity contribution in [3.8, 4) is 0 Å². The van der Waals surface area contributed by atoms with Crippen LogP contribution in [0.15, 0.2) is 30.3 Å². The highest BCUT2D eigenvalue weighted by molar-refractivity contribution is 5.88. The molecule has 3 heterocycles. The predicted octanol–water partition coefficient (Wildman–Crippen LogP) is 1.82. The molecular weight excluding hydrogens is 404 g/mol. The van der Waals surface area contributed by atoms with Gasteiger partial charge in [0.05, 0.1) is 12.6 Å². The maximum absolute atomic E-state index is 12.8. The Bertz CT molecular complexity index is 798. The summed E-state index contributed by atoms with van der Waals surface area (Å²) in [5.74, 6) is -0.137. The minimum Gasteiger partial charge on any atom is -0.465 e. The van der Waals surface area contributed by atoms with Crippen molar-refractivity contribution in [1.82, 2.24) is 20.3 Å². The summed E-state index contributed by atoms with van der Waals surface area (Å²) in [5, 5.41) is 10.4. The molecule has 3 fully saturated rings. The van der Waals surface area contributed by atoms with Crippen molar-refractivity contribution in [3.05, 3.63) is 35.9 Å². The van der Waals surface area contributed by atoms with Crippen LogP contribution in [-0.2, 0) is 21.1 Å². The molecule has 2 bridgehead atoms. The molecular formula is C21H28N4O6. The molecule has 2 atom stereocenters. The minimum absolute atomic E-state index is 0.0550. The smallest absolute Gasteiger partial charge is 0.407 e. The minimum atomic E-state index is -0.902. The number of likely N-dealkylation sites (tertiary alicyclic amines) is 1. The third-order valence-corrected chi connectivity index (χ3v) is 6.22. The first-order valence-electron chi connectivity index (χ1n) is 10.7. The lowest BCUT2D eigenvalue weighted by Crippen LogP contribution is -2.50. The lowest BCUT2D eigenvalue weighted by Gasteiger charge is -2.31. The number of piperidine rings is 2. The van der Waals surface area contributed by atoms with Crippen LogP contribution in [0.2, 0.25) is 0 Å². The van der Waals surface area contributed by atoms with Gasteiger partial charge in [0.25, 0.3) is 5.91 Å². The summed E-state index contributed by atoms with van der Waals surface area (Å²) in [7, 11) is 0. The third-order valence-electron chi connectivity index (χ3n) is 6.22. The second kappa shape index (κ2) is 9.52. The van der Waals surface area contributed by atoms with Gasteiger partial charge in [0, 0.05) is 19.6 Å². The Labute approximate surface area is 180 Å². The Morgan fingerprint density at radius 1 is 1.10 bits per heavy atom. The number of nitrogens with zero attached hydrogens (tertiary/aromatic N) is 3. The molecule has 2 N–H and O–H groups in total. The number of rotatable bonds is 7. The van der Waals surface area contributed by atoms with Crippen LogP contribution in [-0.4, -0.2) is 76.3 Å². The monoisotopic (exact) mass is 432 g/mol. The predicted molar refractivity (Wildman–Crippen MR) is 108 cm³/mol. The molecule has 1 aromatic carbocycles. The number of fused-ring (bicyclic) bond motifs is 2. The Morgan fingerprint density at radius 2 is 1.84 bits per heavy atom. The quantitative estimate of drug-likeness (QED) is 0.636. The lowest BCUT2D eigenvalue weighted by molar-refractivity contribution is -0.141. The molecule has 4 amide bonds. The third kappa shape index (κ3) is 4.91. The number of benzene rings is 1. The Kier molecular flexibility index (Phi) is 6.57. The molecule has 0 saturated carbocycles. The second-order valence-corrected chi connectivity index (χ2v) is 8.26. The molecule has 4 rings (SSSR count). The Morgan fingerprint density at radius 3 is 2.55 bits per heavy atom. The van der Waals surface area contributed by atoms with Crippen molar-refractivity contribution in [2.24, 2.45) is 5.92 Å². The molecule has 3 aliphatic heterocycles. The maximum Gasteiger partial charge on any atom is 0.407 e. The zero-order valence-electron chi connectivity index (χ0n) is 17.3. The van der Waals surface area contributed by atoms with Gasteiger partial charge in [-0.15, -0.1) is 0 Å². The van der Waals surface area contributed by atoms with Crippen molar-refractivity contribution in [2.75, 3.05) is 26.2 Å². The summed E-state index contributed by atoms with van der Waals surface area (Å²) in [4.78, 5) is 50.5. The van der Waals surface area contributed by atoms with E-state index >= 15 is 0 Å². The molecule has 0 aromatic heterocycles. The van der Waals surface area contributed by atoms with E-state index in [2.05, 4.69) is 5.48 Å². The van der Waals surface area contributed by atoms with Gasteiger partial charge in [-0.25, -0.2) is 15.1 Å². The van der Waals surface area contributed by atoms with Gasteiger partial charge in [-0.05, 0) is 37.2 Å². The average molecular weight is 432 g/mol. The van der Waals surface area contributed by atoms with Gasteiger partial charge in [-0.3, -0.25) is 14.5 Å². The van der Waals surface area contributed by atoms with Crippen molar-refractivity contribution < 1.29 is 29.2 Å². The summed E-state index contributed by atoms with van der Waals surface area (Å²) in [6, 6.07) is 8.71. The number of hydrogen-bond acceptors (Lipinski definition) is 5. The van der Waals surface area contributed by atoms with Gasteiger partial charge < -0.3 is 14.9 Å². The Balaban J connectivity index is 1.22. The number of carbonyl (C=O) groups excluding carboxylic acids is 2. The normalized spacial score (nSPS) is 23.9. The van der Waals surface area contributed by atoms with Gasteiger partial charge in [-0.1, -0.05) is 30.3 Å². The van der Waals surface area contributed by atoms with E-state index in [1.54, 1.807) is 4.90 Å². The molecule has 10 nitrogen and oxygen atoms in total. The van der Waals surface area contributed by atoms with Crippen LogP contribution in [0.1, 0.15) is 31.2 Å². The molecule has 3 saturated heterocycles. The topological polar surface area (TPSA) is 112 Å². The molecule has 0 radical (unpaired) electrons. The van der Waals surface area contributed by atoms with Crippen molar-refractivity contribution in [1.29, 1.82) is 0 Å². The number of carbonyl (C=O) groups is 3. The zero-order valence-corrected chi connectivity index (χ0v) is 17.3. The van der Waals surface area contributed by atoms with Crippen LogP contribution in [0.25, 0.3) is 0 Å². The van der Waals surface area contributed by atoms with Crippen LogP contribution >= 0.6 is 0 Å². The SMILES string of the molecule is O=C(NOCC1CCN(C(=O)O)CC1)[C@@H]1CC[C@@H]2CN1C(=O)N2OCc1ccccc1. The zero-order chi connectivity index (χ0) is 21.8. The maximum atomic E-state index is 12.8. The molecule has 0 spiro atoms. The molecule has 0 aliphatic carbocycles. The summed E-state index contributed by atoms with van der Waals surface area (Å²) in [6.45, 7) is 2.04. The fourth-order valence-corrected chi connectivity index (χ4v) is 4.38. The van der Waals surface area contributed by atoms with Crippen molar-refractivity contribution >= 4 is 18.0 Å². The van der Waals surface area contributed by atoms with Crippen molar-refractivity contribution in [3.63, 3.8) is 0 Å². The summed E-state index contributed by atoms with van der Waals surface area (Å²) in [5.41, 5.74) is 3.46. The van der Waals surface area contributed by atoms with Gasteiger partial charge in [0.2, 0.25) is 0 Å². The van der Waals surface area contributed by atoms with E-state index in [1.165, 1.54) is 9.96 Å². The highest BCUT2D eigenvalue weighted by Crippen LogP contribution is 2.30. The van der Waals surface area contributed by atoms with E-state index in [-0.39, 0.29) is 23.9 Å². The van der Waals surface area contributed by atoms with Gasteiger partial charge in [-0.2, -0.15) is 5.06 Å². The van der Waals surface area contributed by atoms with E-state index in [0.29, 0.717) is 58.5 Å². The van der Waals surface area contributed by atoms with Crippen molar-refractivity contribution in [2.45, 2.75) is 44.4 Å². The van der Waals surface area contributed by atoms with Crippen LogP contribution in [0.4, 0.5) is 9.59 Å². The summed E-state index contributed by atoms with van der Waals surface area (Å²) in [6.07, 6.45) is 1.73. The van der Waals surface area contributed by atoms with Crippen LogP contribution in [0.3, 0.4) is 0 Å². The first kappa shape index (κ1) is 21.4. The Hall–Kier alpha value is -2.85. The van der Waals surface area contributed by atoms with E-state index in [4.69, 9.17) is 14.8 Å². The highest BCUT2D eigenvalue weighted by atomic mass is 16.7. The van der Waals surface area contributed by atoms with Gasteiger partial charge in [0.1, 0.15) is 12.6 Å². The molecule has 10 heteroatoms.